The number of nitrogen functional groups attached to an aromatic ring is 1. The summed E-state index contributed by atoms with van der Waals surface area (Å²) < 4.78 is 11.5. The number of carbonyl (C=O) groups is 1. The van der Waals surface area contributed by atoms with Crippen molar-refractivity contribution in [2.45, 2.75) is 45.1 Å². The molecule has 4 rings (SSSR count). The van der Waals surface area contributed by atoms with Gasteiger partial charge in [0, 0.05) is 50.9 Å². The van der Waals surface area contributed by atoms with Crippen LogP contribution in [-0.2, 0) is 17.6 Å². The Kier molecular flexibility index (Phi) is 6.13. The number of fused-ring (bicyclic) bond motifs is 3. The highest BCUT2D eigenvalue weighted by Crippen LogP contribution is 2.33. The van der Waals surface area contributed by atoms with E-state index in [1.165, 1.54) is 0 Å². The molecular formula is C22H30N6O3. The zero-order chi connectivity index (χ0) is 22.0. The van der Waals surface area contributed by atoms with E-state index in [-0.39, 0.29) is 12.1 Å². The van der Waals surface area contributed by atoms with Crippen molar-refractivity contribution < 1.29 is 14.3 Å². The molecule has 2 aromatic heterocycles. The number of urea groups is 1. The zero-order valence-corrected chi connectivity index (χ0v) is 18.1. The summed E-state index contributed by atoms with van der Waals surface area (Å²) in [4.78, 5) is 25.7. The fourth-order valence-corrected chi connectivity index (χ4v) is 4.24. The summed E-state index contributed by atoms with van der Waals surface area (Å²) in [6, 6.07) is 3.67. The van der Waals surface area contributed by atoms with E-state index in [0.29, 0.717) is 37.5 Å². The lowest BCUT2D eigenvalue weighted by atomic mass is 10.0. The van der Waals surface area contributed by atoms with Gasteiger partial charge in [-0.25, -0.2) is 14.8 Å². The number of benzene rings is 1. The fraction of sp³-hybridized carbons (Fsp3) is 0.500. The average Bonchev–Trinajstić information content (AvgIpc) is 3.17. The predicted octanol–water partition coefficient (Wildman–Crippen LogP) is 2.76. The summed E-state index contributed by atoms with van der Waals surface area (Å²) in [5, 5.41) is 1.04. The number of pyridine rings is 1. The molecule has 1 fully saturated rings. The second-order valence-electron chi connectivity index (χ2n) is 8.02. The topological polar surface area (TPSA) is 132 Å². The molecule has 5 N–H and O–H groups in total. The van der Waals surface area contributed by atoms with Gasteiger partial charge in [-0.1, -0.05) is 13.3 Å². The largest absolute Gasteiger partial charge is 0.490 e. The van der Waals surface area contributed by atoms with E-state index in [1.54, 1.807) is 12.0 Å². The van der Waals surface area contributed by atoms with Gasteiger partial charge in [0.2, 0.25) is 0 Å². The molecule has 1 saturated heterocycles. The Balaban J connectivity index is 1.69. The van der Waals surface area contributed by atoms with Gasteiger partial charge in [0.15, 0.2) is 5.82 Å². The number of aromatic amines is 1. The minimum Gasteiger partial charge on any atom is -0.490 e. The molecule has 0 aliphatic carbocycles. The van der Waals surface area contributed by atoms with Crippen LogP contribution < -0.4 is 16.2 Å². The maximum absolute atomic E-state index is 11.4. The van der Waals surface area contributed by atoms with Gasteiger partial charge in [-0.3, -0.25) is 0 Å². The second-order valence-corrected chi connectivity index (χ2v) is 8.02. The van der Waals surface area contributed by atoms with Gasteiger partial charge in [0.1, 0.15) is 23.2 Å². The third kappa shape index (κ3) is 4.36. The molecule has 1 aromatic carbocycles. The molecule has 0 bridgehead atoms. The number of rotatable bonds is 7. The van der Waals surface area contributed by atoms with E-state index in [0.717, 1.165) is 59.2 Å². The minimum atomic E-state index is -0.373. The van der Waals surface area contributed by atoms with Crippen LogP contribution >= 0.6 is 0 Å². The summed E-state index contributed by atoms with van der Waals surface area (Å²) in [6.45, 7) is 3.95. The number of anilines is 1. The summed E-state index contributed by atoms with van der Waals surface area (Å²) >= 11 is 0. The van der Waals surface area contributed by atoms with E-state index in [4.69, 9.17) is 20.9 Å². The number of primary amides is 1. The van der Waals surface area contributed by atoms with Crippen LogP contribution in [0.25, 0.3) is 21.9 Å². The van der Waals surface area contributed by atoms with Crippen LogP contribution in [0.15, 0.2) is 12.1 Å². The summed E-state index contributed by atoms with van der Waals surface area (Å²) in [6.07, 6.45) is 4.11. The first-order valence-corrected chi connectivity index (χ1v) is 10.8. The summed E-state index contributed by atoms with van der Waals surface area (Å²) in [5.74, 6) is 2.01. The lowest BCUT2D eigenvalue weighted by molar-refractivity contribution is 0.114. The number of aromatic nitrogens is 3. The van der Waals surface area contributed by atoms with Crippen LogP contribution in [0.1, 0.15) is 37.6 Å². The Hall–Kier alpha value is -3.07. The Morgan fingerprint density at radius 2 is 2.03 bits per heavy atom. The molecule has 31 heavy (non-hydrogen) atoms. The van der Waals surface area contributed by atoms with Crippen molar-refractivity contribution in [3.05, 3.63) is 23.5 Å². The lowest BCUT2D eigenvalue weighted by Gasteiger charge is -2.31. The molecule has 0 saturated carbocycles. The number of methoxy groups -OCH3 is 1. The molecule has 1 aliphatic heterocycles. The first kappa shape index (κ1) is 21.2. The van der Waals surface area contributed by atoms with Crippen LogP contribution in [-0.4, -0.2) is 58.8 Å². The number of hydrogen-bond donors (Lipinski definition) is 3. The van der Waals surface area contributed by atoms with Gasteiger partial charge in [0.25, 0.3) is 0 Å². The SMILES string of the molecule is CCCc1cc(OC2CCN(C(N)=O)CC2)cc2nc(N)c3nc(CCOC)[nH]c3c12. The Morgan fingerprint density at radius 1 is 1.26 bits per heavy atom. The molecule has 3 aromatic rings. The van der Waals surface area contributed by atoms with E-state index < -0.39 is 0 Å². The molecule has 0 unspecified atom stereocenters. The van der Waals surface area contributed by atoms with Gasteiger partial charge in [-0.05, 0) is 18.1 Å². The molecule has 9 nitrogen and oxygen atoms in total. The van der Waals surface area contributed by atoms with Crippen molar-refractivity contribution in [1.82, 2.24) is 19.9 Å². The number of carbonyl (C=O) groups excluding carboxylic acids is 1. The highest BCUT2D eigenvalue weighted by molar-refractivity contribution is 6.08. The van der Waals surface area contributed by atoms with Crippen LogP contribution in [0.3, 0.4) is 0 Å². The Bertz CT molecular complexity index is 1090. The second kappa shape index (κ2) is 8.97. The van der Waals surface area contributed by atoms with Gasteiger partial charge < -0.3 is 30.8 Å². The quantitative estimate of drug-likeness (QED) is 0.532. The van der Waals surface area contributed by atoms with Gasteiger partial charge >= 0.3 is 6.03 Å². The van der Waals surface area contributed by atoms with Crippen LogP contribution in [0, 0.1) is 0 Å². The number of ether oxygens (including phenoxy) is 2. The third-order valence-electron chi connectivity index (χ3n) is 5.78. The highest BCUT2D eigenvalue weighted by Gasteiger charge is 2.23. The highest BCUT2D eigenvalue weighted by atomic mass is 16.5. The minimum absolute atomic E-state index is 0.0383. The molecule has 2 amide bonds. The average molecular weight is 427 g/mol. The van der Waals surface area contributed by atoms with Gasteiger partial charge in [-0.2, -0.15) is 0 Å². The van der Waals surface area contributed by atoms with E-state index in [9.17, 15) is 4.79 Å². The molecule has 0 atom stereocenters. The Labute approximate surface area is 181 Å². The van der Waals surface area contributed by atoms with Crippen molar-refractivity contribution >= 4 is 33.8 Å². The zero-order valence-electron chi connectivity index (χ0n) is 18.1. The summed E-state index contributed by atoms with van der Waals surface area (Å²) in [5.41, 5.74) is 15.2. The Morgan fingerprint density at radius 3 is 2.71 bits per heavy atom. The molecule has 0 radical (unpaired) electrons. The number of hydrogen-bond acceptors (Lipinski definition) is 6. The van der Waals surface area contributed by atoms with E-state index in [2.05, 4.69) is 27.9 Å². The van der Waals surface area contributed by atoms with Crippen LogP contribution in [0.2, 0.25) is 0 Å². The van der Waals surface area contributed by atoms with Crippen molar-refractivity contribution in [2.75, 3.05) is 32.5 Å². The van der Waals surface area contributed by atoms with E-state index >= 15 is 0 Å². The van der Waals surface area contributed by atoms with E-state index in [1.807, 2.05) is 6.07 Å². The maximum atomic E-state index is 11.4. The molecule has 9 heteroatoms. The molecule has 166 valence electrons. The van der Waals surface area contributed by atoms with Gasteiger partial charge in [0.05, 0.1) is 17.6 Å². The number of piperidine rings is 1. The van der Waals surface area contributed by atoms with Gasteiger partial charge in [-0.15, -0.1) is 0 Å². The number of nitrogens with zero attached hydrogens (tertiary/aromatic N) is 3. The van der Waals surface area contributed by atoms with Crippen molar-refractivity contribution in [3.63, 3.8) is 0 Å². The molecule has 3 heterocycles. The first-order valence-electron chi connectivity index (χ1n) is 10.8. The molecular weight excluding hydrogens is 396 g/mol. The van der Waals surface area contributed by atoms with Crippen molar-refractivity contribution in [2.24, 2.45) is 5.73 Å². The fourth-order valence-electron chi connectivity index (χ4n) is 4.24. The third-order valence-corrected chi connectivity index (χ3v) is 5.78. The van der Waals surface area contributed by atoms with Crippen LogP contribution in [0.4, 0.5) is 10.6 Å². The maximum Gasteiger partial charge on any atom is 0.314 e. The van der Waals surface area contributed by atoms with Crippen LogP contribution in [0.5, 0.6) is 5.75 Å². The number of H-pyrrole nitrogens is 1. The smallest absolute Gasteiger partial charge is 0.314 e. The number of amides is 2. The molecule has 0 spiro atoms. The van der Waals surface area contributed by atoms with Crippen molar-refractivity contribution in [1.29, 1.82) is 0 Å². The number of imidazole rings is 1. The number of nitrogens with two attached hydrogens (primary N) is 2. The first-order chi connectivity index (χ1) is 15.0. The number of aryl methyl sites for hydroxylation is 1. The van der Waals surface area contributed by atoms with Crippen molar-refractivity contribution in [3.8, 4) is 5.75 Å². The number of likely N-dealkylation sites (tertiary alicyclic amines) is 1. The lowest BCUT2D eigenvalue weighted by Crippen LogP contribution is -2.44. The molecule has 1 aliphatic rings. The normalized spacial score (nSPS) is 15.1. The standard InChI is InChI=1S/C22H30N6O3/c1-3-4-13-11-15(31-14-5-8-28(9-6-14)22(24)29)12-16-18(13)19-20(21(23)25-16)27-17(26-19)7-10-30-2/h11-12,14H,3-10H2,1-2H3,(H2,23,25)(H2,24,29)(H,26,27). The number of nitrogens with one attached hydrogen (secondary N) is 1. The predicted molar refractivity (Wildman–Crippen MR) is 120 cm³/mol. The summed E-state index contributed by atoms with van der Waals surface area (Å²) in [7, 11) is 1.67. The monoisotopic (exact) mass is 426 g/mol.